The third-order valence-electron chi connectivity index (χ3n) is 17.4. The van der Waals surface area contributed by atoms with Crippen LogP contribution in [-0.4, -0.2) is 71.0 Å². The molecular formula is C64H108O8. The Balaban J connectivity index is 0.000000380. The van der Waals surface area contributed by atoms with Crippen LogP contribution in [0.25, 0.3) is 0 Å². The molecule has 0 saturated carbocycles. The lowest BCUT2D eigenvalue weighted by molar-refractivity contribution is -0.150. The van der Waals surface area contributed by atoms with Gasteiger partial charge >= 0.3 is 11.9 Å². The summed E-state index contributed by atoms with van der Waals surface area (Å²) in [5, 5.41) is 21.6. The Bertz CT molecular complexity index is 1740. The minimum absolute atomic E-state index is 0.0190. The lowest BCUT2D eigenvalue weighted by atomic mass is 9.79. The summed E-state index contributed by atoms with van der Waals surface area (Å²) in [6.07, 6.45) is 29.1. The van der Waals surface area contributed by atoms with Crippen LogP contribution in [0.4, 0.5) is 0 Å². The Morgan fingerprint density at radius 3 is 1.28 bits per heavy atom. The predicted molar refractivity (Wildman–Crippen MR) is 299 cm³/mol. The average Bonchev–Trinajstić information content (AvgIpc) is 4.24. The Hall–Kier alpha value is -2.78. The van der Waals surface area contributed by atoms with Gasteiger partial charge in [-0.25, -0.2) is 0 Å². The van der Waals surface area contributed by atoms with Crippen molar-refractivity contribution in [2.45, 2.75) is 252 Å². The monoisotopic (exact) mass is 1000 g/mol. The summed E-state index contributed by atoms with van der Waals surface area (Å²) in [6, 6.07) is 0. The first-order valence-corrected chi connectivity index (χ1v) is 28.5. The predicted octanol–water partition coefficient (Wildman–Crippen LogP) is 15.3. The van der Waals surface area contributed by atoms with Crippen molar-refractivity contribution < 1.29 is 38.7 Å². The number of allylic oxidation sites excluding steroid dienone is 6. The average molecular weight is 1010 g/mol. The molecule has 0 aliphatic carbocycles. The number of rotatable bonds is 16. The van der Waals surface area contributed by atoms with Gasteiger partial charge in [-0.15, -0.1) is 0 Å². The van der Waals surface area contributed by atoms with Crippen molar-refractivity contribution in [2.24, 2.45) is 69.0 Å². The first kappa shape index (κ1) is 63.5. The van der Waals surface area contributed by atoms with Crippen LogP contribution in [0.1, 0.15) is 203 Å². The molecule has 4 aliphatic rings. The summed E-state index contributed by atoms with van der Waals surface area (Å²) in [6.45, 7) is 43.5. The number of carbonyl (C=O) groups excluding carboxylic acids is 2. The lowest BCUT2D eigenvalue weighted by Gasteiger charge is -2.31. The fourth-order valence-electron chi connectivity index (χ4n) is 10.4. The van der Waals surface area contributed by atoms with Gasteiger partial charge in [-0.3, -0.25) is 9.59 Å². The fraction of sp³-hybridized carbons (Fsp3) is 0.781. The molecule has 8 nitrogen and oxygen atoms in total. The first-order valence-electron chi connectivity index (χ1n) is 28.5. The molecule has 2 N–H and O–H groups in total. The summed E-state index contributed by atoms with van der Waals surface area (Å²) in [5.41, 5.74) is 1.61. The van der Waals surface area contributed by atoms with E-state index in [1.54, 1.807) is 0 Å². The number of carbonyl (C=O) groups is 2. The molecule has 2 fully saturated rings. The fourth-order valence-corrected chi connectivity index (χ4v) is 10.4. The second-order valence-corrected chi connectivity index (χ2v) is 26.6. The van der Waals surface area contributed by atoms with Gasteiger partial charge < -0.3 is 29.2 Å². The highest BCUT2D eigenvalue weighted by atomic mass is 16.6. The topological polar surface area (TPSA) is 118 Å². The number of aliphatic hydroxyl groups excluding tert-OH is 2. The molecule has 0 spiro atoms. The van der Waals surface area contributed by atoms with Crippen LogP contribution in [0.15, 0.2) is 71.9 Å². The number of ether oxygens (including phenoxy) is 4. The molecule has 72 heavy (non-hydrogen) atoms. The summed E-state index contributed by atoms with van der Waals surface area (Å²) in [4.78, 5) is 25.5. The number of aliphatic hydroxyl groups is 2. The van der Waals surface area contributed by atoms with E-state index in [1.165, 1.54) is 12.8 Å². The third-order valence-corrected chi connectivity index (χ3v) is 17.4. The molecule has 0 bridgehead atoms. The number of hydrogen-bond acceptors (Lipinski definition) is 8. The molecule has 0 aromatic carbocycles. The SMILES string of the molecule is CCC(C)C(C)C1OC1CC(C)(C)/C=C/C=C(\C)C1OC(=O)CC(C)CCC(C)(C)C(O)/C=C/C1C.CCC(C)C(C)C1OC1CC(C)(C)/C=C/C=C(\C)C1OC(=O)CC(C)CCC(C)(C)C(O)/C=C/C1C. The van der Waals surface area contributed by atoms with Crippen LogP contribution < -0.4 is 0 Å². The van der Waals surface area contributed by atoms with E-state index in [9.17, 15) is 19.8 Å². The van der Waals surface area contributed by atoms with Gasteiger partial charge in [-0.05, 0) is 121 Å². The van der Waals surface area contributed by atoms with Crippen molar-refractivity contribution in [2.75, 3.05) is 0 Å². The molecule has 0 aromatic rings. The van der Waals surface area contributed by atoms with E-state index in [1.807, 2.05) is 38.2 Å². The molecule has 4 rings (SSSR count). The van der Waals surface area contributed by atoms with Gasteiger partial charge in [-0.2, -0.15) is 0 Å². The van der Waals surface area contributed by atoms with Gasteiger partial charge in [0, 0.05) is 24.7 Å². The normalized spacial score (nSPS) is 34.9. The summed E-state index contributed by atoms with van der Waals surface area (Å²) in [7, 11) is 0. The van der Waals surface area contributed by atoms with Crippen molar-refractivity contribution in [3.8, 4) is 0 Å². The van der Waals surface area contributed by atoms with E-state index in [2.05, 4.69) is 161 Å². The quantitative estimate of drug-likeness (QED) is 0.0679. The van der Waals surface area contributed by atoms with Crippen molar-refractivity contribution in [1.82, 2.24) is 0 Å². The molecule has 412 valence electrons. The van der Waals surface area contributed by atoms with Crippen molar-refractivity contribution >= 4 is 11.9 Å². The van der Waals surface area contributed by atoms with Gasteiger partial charge in [0.25, 0.3) is 0 Å². The number of hydrogen-bond donors (Lipinski definition) is 2. The Kier molecular flexibility index (Phi) is 24.6. The second-order valence-electron chi connectivity index (χ2n) is 26.6. The Morgan fingerprint density at radius 1 is 0.625 bits per heavy atom. The molecule has 8 heteroatoms. The minimum Gasteiger partial charge on any atom is -0.457 e. The molecule has 4 aliphatic heterocycles. The number of epoxide rings is 2. The third kappa shape index (κ3) is 20.7. The van der Waals surface area contributed by atoms with Gasteiger partial charge in [0.05, 0.1) is 36.6 Å². The summed E-state index contributed by atoms with van der Waals surface area (Å²) < 4.78 is 24.1. The highest BCUT2D eigenvalue weighted by Crippen LogP contribution is 2.43. The first-order chi connectivity index (χ1) is 33.3. The highest BCUT2D eigenvalue weighted by Gasteiger charge is 2.47. The van der Waals surface area contributed by atoms with Gasteiger partial charge in [0.1, 0.15) is 12.2 Å². The van der Waals surface area contributed by atoms with Crippen molar-refractivity contribution in [1.29, 1.82) is 0 Å². The van der Waals surface area contributed by atoms with Gasteiger partial charge in [0.15, 0.2) is 0 Å². The zero-order chi connectivity index (χ0) is 54.5. The van der Waals surface area contributed by atoms with E-state index in [4.69, 9.17) is 18.9 Å². The van der Waals surface area contributed by atoms with Crippen LogP contribution in [0, 0.1) is 69.0 Å². The Morgan fingerprint density at radius 2 is 0.958 bits per heavy atom. The zero-order valence-electron chi connectivity index (χ0n) is 49.4. The van der Waals surface area contributed by atoms with Gasteiger partial charge in [0.2, 0.25) is 0 Å². The van der Waals surface area contributed by atoms with E-state index in [-0.39, 0.29) is 69.5 Å². The van der Waals surface area contributed by atoms with Crippen LogP contribution in [-0.2, 0) is 28.5 Å². The lowest BCUT2D eigenvalue weighted by Crippen LogP contribution is -2.31. The smallest absolute Gasteiger partial charge is 0.306 e. The molecule has 4 heterocycles. The maximum absolute atomic E-state index is 12.8. The molecule has 0 amide bonds. The van der Waals surface area contributed by atoms with E-state index < -0.39 is 12.2 Å². The van der Waals surface area contributed by atoms with Crippen molar-refractivity contribution in [3.05, 3.63) is 71.9 Å². The van der Waals surface area contributed by atoms with Gasteiger partial charge in [-0.1, -0.05) is 198 Å². The minimum atomic E-state index is -0.524. The summed E-state index contributed by atoms with van der Waals surface area (Å²) >= 11 is 0. The molecular weight excluding hydrogens is 897 g/mol. The molecule has 2 saturated heterocycles. The standard InChI is InChI=1S/2C32H54O4/c2*1-11-22(3)25(6)30-26(35-30)20-31(7,8)17-12-13-23(4)29-24(5)14-15-27(33)32(9,10)18-16-21(2)19-28(34)36-29/h2*12-15,17,21-22,24-27,29-30,33H,11,16,18-20H2,1-10H3/b2*15-14+,17-12+,23-13+. The van der Waals surface area contributed by atoms with Crippen LogP contribution in [0.2, 0.25) is 0 Å². The van der Waals surface area contributed by atoms with E-state index in [0.717, 1.165) is 49.7 Å². The summed E-state index contributed by atoms with van der Waals surface area (Å²) in [5.74, 6) is 2.66. The molecule has 16 unspecified atom stereocenters. The molecule has 0 aromatic heterocycles. The maximum atomic E-state index is 12.8. The van der Waals surface area contributed by atoms with Crippen LogP contribution in [0.3, 0.4) is 0 Å². The molecule has 16 atom stereocenters. The largest absolute Gasteiger partial charge is 0.457 e. The van der Waals surface area contributed by atoms with E-state index in [0.29, 0.717) is 60.9 Å². The van der Waals surface area contributed by atoms with Crippen molar-refractivity contribution in [3.63, 3.8) is 0 Å². The van der Waals surface area contributed by atoms with E-state index >= 15 is 0 Å². The van der Waals surface area contributed by atoms with Crippen LogP contribution >= 0.6 is 0 Å². The number of esters is 2. The number of cyclic esters (lactones) is 2. The van der Waals surface area contributed by atoms with Crippen LogP contribution in [0.5, 0.6) is 0 Å². The molecule has 0 radical (unpaired) electrons. The zero-order valence-corrected chi connectivity index (χ0v) is 49.4. The Labute approximate surface area is 441 Å². The highest BCUT2D eigenvalue weighted by molar-refractivity contribution is 5.70. The maximum Gasteiger partial charge on any atom is 0.306 e. The second kappa shape index (κ2) is 27.8.